The van der Waals surface area contributed by atoms with Crippen LogP contribution in [0, 0.1) is 0 Å². The number of halogens is 1. The van der Waals surface area contributed by atoms with Crippen molar-refractivity contribution in [2.45, 2.75) is 58.6 Å². The van der Waals surface area contributed by atoms with Gasteiger partial charge in [0.25, 0.3) is 5.56 Å². The highest BCUT2D eigenvalue weighted by molar-refractivity contribution is 6.31. The summed E-state index contributed by atoms with van der Waals surface area (Å²) in [6, 6.07) is 11.4. The highest BCUT2D eigenvalue weighted by Crippen LogP contribution is 2.34. The number of ketones is 2. The zero-order valence-corrected chi connectivity index (χ0v) is 24.1. The van der Waals surface area contributed by atoms with Gasteiger partial charge in [0.05, 0.1) is 30.5 Å². The van der Waals surface area contributed by atoms with E-state index in [0.717, 1.165) is 0 Å². The van der Waals surface area contributed by atoms with E-state index in [1.165, 1.54) is 36.1 Å². The molecule has 0 bridgehead atoms. The van der Waals surface area contributed by atoms with Crippen LogP contribution in [0.5, 0.6) is 5.75 Å². The van der Waals surface area contributed by atoms with Crippen LogP contribution in [-0.4, -0.2) is 46.5 Å². The predicted molar refractivity (Wildman–Crippen MR) is 154 cm³/mol. The van der Waals surface area contributed by atoms with Crippen molar-refractivity contribution in [3.8, 4) is 16.9 Å². The third-order valence-electron chi connectivity index (χ3n) is 6.37. The molecule has 9 heteroatoms. The van der Waals surface area contributed by atoms with Crippen LogP contribution < -0.4 is 10.3 Å². The first-order valence-electron chi connectivity index (χ1n) is 13.0. The molecule has 0 amide bonds. The van der Waals surface area contributed by atoms with Gasteiger partial charge in [0.15, 0.2) is 11.6 Å². The molecule has 1 heterocycles. The van der Waals surface area contributed by atoms with E-state index in [0.29, 0.717) is 33.0 Å². The lowest BCUT2D eigenvalue weighted by Gasteiger charge is -2.24. The van der Waals surface area contributed by atoms with Gasteiger partial charge in [-0.25, -0.2) is 4.79 Å². The molecule has 0 saturated carbocycles. The molecule has 3 rings (SSSR count). The van der Waals surface area contributed by atoms with Crippen molar-refractivity contribution < 1.29 is 29.0 Å². The maximum atomic E-state index is 13.6. The number of nitrogens with zero attached hydrogens (tertiary/aromatic N) is 1. The third kappa shape index (κ3) is 7.67. The minimum atomic E-state index is -1.06. The minimum Gasteiger partial charge on any atom is -0.495 e. The lowest BCUT2D eigenvalue weighted by molar-refractivity contribution is -0.122. The molecule has 0 saturated heterocycles. The molecule has 3 aromatic rings. The summed E-state index contributed by atoms with van der Waals surface area (Å²) >= 11 is 6.24. The van der Waals surface area contributed by atoms with Crippen molar-refractivity contribution >= 4 is 29.1 Å². The normalized spacial score (nSPS) is 12.2. The van der Waals surface area contributed by atoms with E-state index < -0.39 is 23.2 Å². The molecule has 1 atom stereocenters. The Labute approximate surface area is 238 Å². The summed E-state index contributed by atoms with van der Waals surface area (Å²) in [4.78, 5) is 50.9. The van der Waals surface area contributed by atoms with Crippen molar-refractivity contribution in [3.63, 3.8) is 0 Å². The van der Waals surface area contributed by atoms with Gasteiger partial charge in [0.1, 0.15) is 5.75 Å². The molecule has 0 aliphatic heterocycles. The van der Waals surface area contributed by atoms with Crippen LogP contribution in [0.1, 0.15) is 72.9 Å². The number of methoxy groups -OCH3 is 1. The summed E-state index contributed by atoms with van der Waals surface area (Å²) in [5, 5.41) is 9.56. The molecule has 40 heavy (non-hydrogen) atoms. The number of pyridine rings is 1. The second kappa shape index (κ2) is 13.1. The van der Waals surface area contributed by atoms with Crippen LogP contribution in [-0.2, 0) is 16.0 Å². The number of carbonyl (C=O) groups is 3. The fourth-order valence-electron chi connectivity index (χ4n) is 4.33. The zero-order chi connectivity index (χ0) is 29.6. The number of carboxylic acid groups (broad SMARTS) is 1. The molecule has 212 valence electrons. The number of benzene rings is 2. The van der Waals surface area contributed by atoms with Gasteiger partial charge in [-0.05, 0) is 68.7 Å². The Balaban J connectivity index is 2.06. The summed E-state index contributed by atoms with van der Waals surface area (Å²) in [7, 11) is 1.45. The molecule has 0 spiro atoms. The Morgan fingerprint density at radius 3 is 2.27 bits per heavy atom. The standard InChI is InChI=1S/C31H34ClNO7/c1-6-26(34)22-12-11-21(32)16-23(22)24-17-29(36)33(18-28(24)39-5)25(13-14-40-31(2,3)4)27(35)15-19-7-9-20(10-8-19)30(37)38/h7-12,16-18,25H,6,13-15H2,1-5H3,(H,37,38)/t25-/m0/s1. The van der Waals surface area contributed by atoms with Crippen molar-refractivity contribution in [2.75, 3.05) is 13.7 Å². The van der Waals surface area contributed by atoms with E-state index in [-0.39, 0.29) is 43.0 Å². The quantitative estimate of drug-likeness (QED) is 0.266. The number of hydrogen-bond acceptors (Lipinski definition) is 6. The van der Waals surface area contributed by atoms with E-state index in [1.807, 2.05) is 20.8 Å². The van der Waals surface area contributed by atoms with Crippen LogP contribution in [0.15, 0.2) is 59.5 Å². The van der Waals surface area contributed by atoms with E-state index in [4.69, 9.17) is 26.2 Å². The molecule has 2 aromatic carbocycles. The van der Waals surface area contributed by atoms with Crippen LogP contribution in [0.25, 0.3) is 11.1 Å². The number of rotatable bonds is 12. The first-order chi connectivity index (χ1) is 18.8. The molecular weight excluding hydrogens is 534 g/mol. The summed E-state index contributed by atoms with van der Waals surface area (Å²) in [5.41, 5.74) is 1.11. The predicted octanol–water partition coefficient (Wildman–Crippen LogP) is 6.03. The Morgan fingerprint density at radius 1 is 1.02 bits per heavy atom. The maximum Gasteiger partial charge on any atom is 0.335 e. The molecule has 0 aliphatic rings. The van der Waals surface area contributed by atoms with Crippen molar-refractivity contribution in [1.82, 2.24) is 4.57 Å². The molecule has 1 aromatic heterocycles. The highest BCUT2D eigenvalue weighted by Gasteiger charge is 2.25. The Kier molecular flexibility index (Phi) is 10.1. The van der Waals surface area contributed by atoms with Gasteiger partial charge in [-0.15, -0.1) is 0 Å². The number of hydrogen-bond donors (Lipinski definition) is 1. The summed E-state index contributed by atoms with van der Waals surface area (Å²) in [6.07, 6.45) is 1.96. The number of carboxylic acids is 1. The van der Waals surface area contributed by atoms with E-state index in [9.17, 15) is 19.2 Å². The van der Waals surface area contributed by atoms with Crippen LogP contribution in [0.2, 0.25) is 5.02 Å². The molecule has 0 fully saturated rings. The Morgan fingerprint density at radius 2 is 1.70 bits per heavy atom. The maximum absolute atomic E-state index is 13.6. The number of aromatic carboxylic acids is 1. The van der Waals surface area contributed by atoms with Gasteiger partial charge >= 0.3 is 5.97 Å². The Hall–Kier alpha value is -3.75. The van der Waals surface area contributed by atoms with Crippen LogP contribution in [0.4, 0.5) is 0 Å². The molecule has 8 nitrogen and oxygen atoms in total. The monoisotopic (exact) mass is 567 g/mol. The Bertz CT molecular complexity index is 1450. The summed E-state index contributed by atoms with van der Waals surface area (Å²) < 4.78 is 12.8. The molecule has 0 aliphatic carbocycles. The van der Waals surface area contributed by atoms with Crippen molar-refractivity contribution in [3.05, 3.63) is 86.8 Å². The van der Waals surface area contributed by atoms with Gasteiger partial charge in [0, 0.05) is 41.7 Å². The topological polar surface area (TPSA) is 112 Å². The first kappa shape index (κ1) is 30.8. The SMILES string of the molecule is CCC(=O)c1ccc(Cl)cc1-c1cc(=O)n([C@@H](CCOC(C)(C)C)C(=O)Cc2ccc(C(=O)O)cc2)cc1OC. The first-order valence-corrected chi connectivity index (χ1v) is 13.3. The smallest absolute Gasteiger partial charge is 0.335 e. The van der Waals surface area contributed by atoms with Gasteiger partial charge in [0.2, 0.25) is 0 Å². The number of carbonyl (C=O) groups excluding carboxylic acids is 2. The molecule has 0 radical (unpaired) electrons. The zero-order valence-electron chi connectivity index (χ0n) is 23.3. The fraction of sp³-hybridized carbons (Fsp3) is 0.355. The summed E-state index contributed by atoms with van der Waals surface area (Å²) in [5.74, 6) is -1.12. The fourth-order valence-corrected chi connectivity index (χ4v) is 4.51. The van der Waals surface area contributed by atoms with Crippen LogP contribution in [0.3, 0.4) is 0 Å². The van der Waals surface area contributed by atoms with Gasteiger partial charge in [-0.3, -0.25) is 14.4 Å². The lowest BCUT2D eigenvalue weighted by Crippen LogP contribution is -2.32. The minimum absolute atomic E-state index is 0.0139. The van der Waals surface area contributed by atoms with Gasteiger partial charge in [-0.2, -0.15) is 0 Å². The van der Waals surface area contributed by atoms with E-state index in [1.54, 1.807) is 37.3 Å². The van der Waals surface area contributed by atoms with Gasteiger partial charge in [-0.1, -0.05) is 30.7 Å². The third-order valence-corrected chi connectivity index (χ3v) is 6.61. The van der Waals surface area contributed by atoms with E-state index >= 15 is 0 Å². The average molecular weight is 568 g/mol. The second-order valence-electron chi connectivity index (χ2n) is 10.4. The lowest BCUT2D eigenvalue weighted by atomic mass is 9.95. The van der Waals surface area contributed by atoms with Crippen molar-refractivity contribution in [1.29, 1.82) is 0 Å². The van der Waals surface area contributed by atoms with Crippen LogP contribution >= 0.6 is 11.6 Å². The number of aromatic nitrogens is 1. The molecule has 0 unspecified atom stereocenters. The second-order valence-corrected chi connectivity index (χ2v) is 10.8. The largest absolute Gasteiger partial charge is 0.495 e. The van der Waals surface area contributed by atoms with Crippen molar-refractivity contribution in [2.24, 2.45) is 0 Å². The highest BCUT2D eigenvalue weighted by atomic mass is 35.5. The van der Waals surface area contributed by atoms with Gasteiger partial charge < -0.3 is 19.1 Å². The van der Waals surface area contributed by atoms with E-state index in [2.05, 4.69) is 0 Å². The molecule has 1 N–H and O–H groups in total. The molecular formula is C31H34ClNO7. The average Bonchev–Trinajstić information content (AvgIpc) is 2.90. The number of ether oxygens (including phenoxy) is 2. The number of Topliss-reactive ketones (excluding diaryl/α,β-unsaturated/α-hetero) is 2. The summed E-state index contributed by atoms with van der Waals surface area (Å²) in [6.45, 7) is 7.67.